The number of carbonyl (C=O) groups excluding carboxylic acids is 2. The summed E-state index contributed by atoms with van der Waals surface area (Å²) in [6.45, 7) is 3.81. The predicted molar refractivity (Wildman–Crippen MR) is 112 cm³/mol. The fourth-order valence-corrected chi connectivity index (χ4v) is 4.27. The Morgan fingerprint density at radius 1 is 1.07 bits per heavy atom. The van der Waals surface area contributed by atoms with E-state index in [1.165, 1.54) is 11.5 Å². The maximum Gasteiger partial charge on any atom is 0.322 e. The highest BCUT2D eigenvalue weighted by atomic mass is 35.5. The van der Waals surface area contributed by atoms with E-state index in [1.54, 1.807) is 15.9 Å². The fraction of sp³-hybridized carbons (Fsp3) is 0.250. The minimum Gasteiger partial charge on any atom is -0.334 e. The molecule has 0 bridgehead atoms. The molecule has 0 unspecified atom stereocenters. The van der Waals surface area contributed by atoms with Crippen molar-refractivity contribution in [3.8, 4) is 0 Å². The summed E-state index contributed by atoms with van der Waals surface area (Å²) < 4.78 is 5.34. The molecule has 1 aromatic heterocycles. The number of piperazine rings is 1. The van der Waals surface area contributed by atoms with Crippen LogP contribution in [0.5, 0.6) is 0 Å². The Morgan fingerprint density at radius 2 is 1.79 bits per heavy atom. The molecule has 0 atom stereocenters. The second-order valence-electron chi connectivity index (χ2n) is 6.72. The van der Waals surface area contributed by atoms with Crippen LogP contribution in [0.4, 0.5) is 10.5 Å². The fourth-order valence-electron chi connectivity index (χ4n) is 3.22. The second kappa shape index (κ2) is 7.77. The first-order valence-electron chi connectivity index (χ1n) is 8.99. The minimum atomic E-state index is -0.211. The lowest BCUT2D eigenvalue weighted by Crippen LogP contribution is -2.51. The van der Waals surface area contributed by atoms with E-state index < -0.39 is 0 Å². The van der Waals surface area contributed by atoms with Gasteiger partial charge in [0.05, 0.1) is 15.4 Å². The molecule has 3 aromatic rings. The van der Waals surface area contributed by atoms with Gasteiger partial charge in [-0.2, -0.15) is 4.37 Å². The standard InChI is InChI=1S/C20H19ClN4O2S/c1-13-6-7-16(15(21)12-13)22-20(27)25-10-8-24(9-11-25)19(26)18-14-4-2-3-5-17(14)28-23-18/h2-7,12H,8-11H2,1H3,(H,22,27). The first-order chi connectivity index (χ1) is 13.5. The van der Waals surface area contributed by atoms with Gasteiger partial charge in [-0.25, -0.2) is 4.79 Å². The van der Waals surface area contributed by atoms with E-state index in [4.69, 9.17) is 11.6 Å². The van der Waals surface area contributed by atoms with E-state index in [0.717, 1.165) is 15.6 Å². The van der Waals surface area contributed by atoms with Crippen LogP contribution in [0.1, 0.15) is 16.1 Å². The Bertz CT molecular complexity index is 1040. The molecule has 8 heteroatoms. The Kier molecular flexibility index (Phi) is 5.19. The number of amides is 3. The van der Waals surface area contributed by atoms with Crippen molar-refractivity contribution in [1.29, 1.82) is 0 Å². The van der Waals surface area contributed by atoms with E-state index in [9.17, 15) is 9.59 Å². The number of urea groups is 1. The zero-order valence-electron chi connectivity index (χ0n) is 15.3. The molecule has 28 heavy (non-hydrogen) atoms. The number of carbonyl (C=O) groups is 2. The summed E-state index contributed by atoms with van der Waals surface area (Å²) in [5.74, 6) is -0.0842. The molecule has 0 spiro atoms. The van der Waals surface area contributed by atoms with Crippen LogP contribution in [0.25, 0.3) is 10.1 Å². The molecule has 6 nitrogen and oxygen atoms in total. The second-order valence-corrected chi connectivity index (χ2v) is 7.93. The molecule has 3 amide bonds. The summed E-state index contributed by atoms with van der Waals surface area (Å²) in [5, 5.41) is 4.24. The smallest absolute Gasteiger partial charge is 0.322 e. The Balaban J connectivity index is 1.39. The number of hydrogen-bond donors (Lipinski definition) is 1. The van der Waals surface area contributed by atoms with Gasteiger partial charge < -0.3 is 15.1 Å². The number of halogens is 1. The van der Waals surface area contributed by atoms with Crippen molar-refractivity contribution < 1.29 is 9.59 Å². The van der Waals surface area contributed by atoms with Gasteiger partial charge >= 0.3 is 6.03 Å². The van der Waals surface area contributed by atoms with Gasteiger partial charge in [-0.3, -0.25) is 4.79 Å². The predicted octanol–water partition coefficient (Wildman–Crippen LogP) is 4.25. The molecular formula is C20H19ClN4O2S. The van der Waals surface area contributed by atoms with Gasteiger partial charge in [0.25, 0.3) is 5.91 Å². The molecule has 144 valence electrons. The molecule has 2 heterocycles. The largest absolute Gasteiger partial charge is 0.334 e. The molecule has 1 fully saturated rings. The topological polar surface area (TPSA) is 65.5 Å². The van der Waals surface area contributed by atoms with Gasteiger partial charge in [0.1, 0.15) is 5.69 Å². The third kappa shape index (κ3) is 3.68. The summed E-state index contributed by atoms with van der Waals surface area (Å²) >= 11 is 7.52. The molecule has 0 radical (unpaired) electrons. The normalized spacial score (nSPS) is 14.4. The van der Waals surface area contributed by atoms with Crippen LogP contribution >= 0.6 is 23.1 Å². The van der Waals surface area contributed by atoms with Gasteiger partial charge in [-0.15, -0.1) is 0 Å². The highest BCUT2D eigenvalue weighted by Gasteiger charge is 2.27. The van der Waals surface area contributed by atoms with Gasteiger partial charge in [0.15, 0.2) is 0 Å². The SMILES string of the molecule is Cc1ccc(NC(=O)N2CCN(C(=O)c3nsc4ccccc34)CC2)c(Cl)c1. The van der Waals surface area contributed by atoms with Gasteiger partial charge in [0, 0.05) is 31.6 Å². The lowest BCUT2D eigenvalue weighted by atomic mass is 10.2. The lowest BCUT2D eigenvalue weighted by Gasteiger charge is -2.34. The van der Waals surface area contributed by atoms with Crippen molar-refractivity contribution in [1.82, 2.24) is 14.2 Å². The quantitative estimate of drug-likeness (QED) is 0.681. The average Bonchev–Trinajstić information content (AvgIpc) is 3.14. The third-order valence-electron chi connectivity index (χ3n) is 4.80. The van der Waals surface area contributed by atoms with Crippen LogP contribution < -0.4 is 5.32 Å². The number of nitrogens with zero attached hydrogens (tertiary/aromatic N) is 3. The van der Waals surface area contributed by atoms with Gasteiger partial charge in [-0.05, 0) is 42.2 Å². The lowest BCUT2D eigenvalue weighted by molar-refractivity contribution is 0.0669. The molecule has 1 aliphatic heterocycles. The Hall–Kier alpha value is -2.64. The van der Waals surface area contributed by atoms with Crippen LogP contribution in [0, 0.1) is 6.92 Å². The van der Waals surface area contributed by atoms with Crippen LogP contribution in [0.15, 0.2) is 42.5 Å². The number of aromatic nitrogens is 1. The third-order valence-corrected chi connectivity index (χ3v) is 5.94. The van der Waals surface area contributed by atoms with Crippen molar-refractivity contribution in [2.24, 2.45) is 0 Å². The number of nitrogens with one attached hydrogen (secondary N) is 1. The molecule has 1 saturated heterocycles. The molecule has 1 N–H and O–H groups in total. The first-order valence-corrected chi connectivity index (χ1v) is 10.1. The van der Waals surface area contributed by atoms with Crippen LogP contribution in [0.3, 0.4) is 0 Å². The monoisotopic (exact) mass is 414 g/mol. The molecular weight excluding hydrogens is 396 g/mol. The number of benzene rings is 2. The summed E-state index contributed by atoms with van der Waals surface area (Å²) in [6, 6.07) is 13.0. The molecule has 2 aromatic carbocycles. The zero-order valence-corrected chi connectivity index (χ0v) is 16.9. The van der Waals surface area contributed by atoms with Crippen molar-refractivity contribution in [2.75, 3.05) is 31.5 Å². The number of hydrogen-bond acceptors (Lipinski definition) is 4. The number of fused-ring (bicyclic) bond motifs is 1. The number of anilines is 1. The maximum atomic E-state index is 12.9. The highest BCUT2D eigenvalue weighted by molar-refractivity contribution is 7.13. The summed E-state index contributed by atoms with van der Waals surface area (Å²) in [7, 11) is 0. The van der Waals surface area contributed by atoms with E-state index >= 15 is 0 Å². The van der Waals surface area contributed by atoms with Crippen LogP contribution in [0.2, 0.25) is 5.02 Å². The number of rotatable bonds is 2. The highest BCUT2D eigenvalue weighted by Crippen LogP contribution is 2.25. The van der Waals surface area contributed by atoms with Crippen molar-refractivity contribution in [3.05, 3.63) is 58.7 Å². The van der Waals surface area contributed by atoms with Crippen molar-refractivity contribution in [2.45, 2.75) is 6.92 Å². The minimum absolute atomic E-state index is 0.0842. The van der Waals surface area contributed by atoms with Crippen molar-refractivity contribution >= 4 is 50.8 Å². The Morgan fingerprint density at radius 3 is 2.54 bits per heavy atom. The van der Waals surface area contributed by atoms with Crippen LogP contribution in [-0.2, 0) is 0 Å². The van der Waals surface area contributed by atoms with E-state index in [2.05, 4.69) is 9.69 Å². The molecule has 0 saturated carbocycles. The number of aryl methyl sites for hydroxylation is 1. The van der Waals surface area contributed by atoms with Gasteiger partial charge in [-0.1, -0.05) is 35.9 Å². The average molecular weight is 415 g/mol. The van der Waals surface area contributed by atoms with E-state index in [1.807, 2.05) is 43.3 Å². The molecule has 1 aliphatic rings. The summed E-state index contributed by atoms with van der Waals surface area (Å²) in [5.41, 5.74) is 2.11. The maximum absolute atomic E-state index is 12.9. The summed E-state index contributed by atoms with van der Waals surface area (Å²) in [6.07, 6.45) is 0. The molecule has 0 aliphatic carbocycles. The van der Waals surface area contributed by atoms with Crippen LogP contribution in [-0.4, -0.2) is 52.3 Å². The van der Waals surface area contributed by atoms with E-state index in [-0.39, 0.29) is 11.9 Å². The zero-order chi connectivity index (χ0) is 19.7. The summed E-state index contributed by atoms with van der Waals surface area (Å²) in [4.78, 5) is 28.8. The molecule has 4 rings (SSSR count). The van der Waals surface area contributed by atoms with Gasteiger partial charge in [0.2, 0.25) is 0 Å². The Labute approximate surface area is 171 Å². The van der Waals surface area contributed by atoms with E-state index in [0.29, 0.717) is 42.6 Å². The van der Waals surface area contributed by atoms with Crippen molar-refractivity contribution in [3.63, 3.8) is 0 Å². The first kappa shape index (κ1) is 18.7.